The number of nitro benzene ring substituents is 1. The second kappa shape index (κ2) is 8.43. The number of nitrogens with one attached hydrogen (secondary N) is 2. The lowest BCUT2D eigenvalue weighted by atomic mass is 10.2. The summed E-state index contributed by atoms with van der Waals surface area (Å²) in [7, 11) is 1.35. The Balaban J connectivity index is 2.03. The number of carbonyl (C=O) groups excluding carboxylic acids is 3. The average Bonchev–Trinajstić information content (AvgIpc) is 2.65. The minimum Gasteiger partial charge on any atom is -0.493 e. The molecular formula is C17H15N3O7. The lowest BCUT2D eigenvalue weighted by molar-refractivity contribution is -0.384. The molecule has 0 atom stereocenters. The van der Waals surface area contributed by atoms with Gasteiger partial charge in [-0.3, -0.25) is 35.3 Å². The number of esters is 1. The average molecular weight is 373 g/mol. The molecule has 0 bridgehead atoms. The number of amides is 2. The van der Waals surface area contributed by atoms with Gasteiger partial charge in [0.1, 0.15) is 0 Å². The van der Waals surface area contributed by atoms with Crippen molar-refractivity contribution in [2.24, 2.45) is 0 Å². The van der Waals surface area contributed by atoms with Crippen molar-refractivity contribution in [1.29, 1.82) is 0 Å². The van der Waals surface area contributed by atoms with E-state index in [1.807, 2.05) is 0 Å². The number of ether oxygens (including phenoxy) is 2. The maximum atomic E-state index is 12.1. The molecule has 2 amide bonds. The molecule has 2 rings (SSSR count). The molecule has 0 spiro atoms. The molecule has 0 aromatic heterocycles. The molecular weight excluding hydrogens is 358 g/mol. The Hall–Kier alpha value is -3.95. The van der Waals surface area contributed by atoms with E-state index in [0.29, 0.717) is 0 Å². The van der Waals surface area contributed by atoms with Crippen LogP contribution in [0.5, 0.6) is 11.5 Å². The standard InChI is InChI=1S/C17H15N3O7/c1-10(21)27-14-8-5-12(9-15(14)26-2)17(23)19-18-16(22)11-3-6-13(7-4-11)20(24)25/h3-9H,1-2H3,(H,18,22)(H,19,23). The number of non-ortho nitro benzene ring substituents is 1. The number of rotatable bonds is 5. The van der Waals surface area contributed by atoms with Crippen molar-refractivity contribution in [3.8, 4) is 11.5 Å². The summed E-state index contributed by atoms with van der Waals surface area (Å²) in [5.41, 5.74) is 4.52. The minimum absolute atomic E-state index is 0.128. The number of methoxy groups -OCH3 is 1. The zero-order chi connectivity index (χ0) is 20.0. The minimum atomic E-state index is -0.651. The van der Waals surface area contributed by atoms with Gasteiger partial charge in [0.2, 0.25) is 0 Å². The maximum absolute atomic E-state index is 12.1. The third-order valence-corrected chi connectivity index (χ3v) is 3.31. The lowest BCUT2D eigenvalue weighted by Gasteiger charge is -2.11. The first-order valence-electron chi connectivity index (χ1n) is 7.53. The van der Waals surface area contributed by atoms with Crippen molar-refractivity contribution in [3.63, 3.8) is 0 Å². The Morgan fingerprint density at radius 2 is 1.48 bits per heavy atom. The normalized spacial score (nSPS) is 9.85. The Morgan fingerprint density at radius 3 is 2.00 bits per heavy atom. The molecule has 0 unspecified atom stereocenters. The van der Waals surface area contributed by atoms with Crippen LogP contribution in [0.1, 0.15) is 27.6 Å². The van der Waals surface area contributed by atoms with Crippen LogP contribution in [0.3, 0.4) is 0 Å². The highest BCUT2D eigenvalue weighted by Crippen LogP contribution is 2.28. The van der Waals surface area contributed by atoms with E-state index >= 15 is 0 Å². The number of hydrazine groups is 1. The van der Waals surface area contributed by atoms with Crippen LogP contribution >= 0.6 is 0 Å². The summed E-state index contributed by atoms with van der Waals surface area (Å²) in [6, 6.07) is 8.98. The lowest BCUT2D eigenvalue weighted by Crippen LogP contribution is -2.41. The molecule has 0 saturated carbocycles. The highest BCUT2D eigenvalue weighted by molar-refractivity contribution is 5.99. The first-order chi connectivity index (χ1) is 12.8. The molecule has 0 saturated heterocycles. The van der Waals surface area contributed by atoms with Gasteiger partial charge in [-0.05, 0) is 30.3 Å². The highest BCUT2D eigenvalue weighted by atomic mass is 16.6. The molecule has 0 aliphatic rings. The van der Waals surface area contributed by atoms with E-state index in [2.05, 4.69) is 10.9 Å². The SMILES string of the molecule is COc1cc(C(=O)NNC(=O)c2ccc([N+](=O)[O-])cc2)ccc1OC(C)=O. The van der Waals surface area contributed by atoms with E-state index in [1.54, 1.807) is 0 Å². The third kappa shape index (κ3) is 5.01. The van der Waals surface area contributed by atoms with Gasteiger partial charge in [0, 0.05) is 30.2 Å². The molecule has 2 N–H and O–H groups in total. The molecule has 140 valence electrons. The summed E-state index contributed by atoms with van der Waals surface area (Å²) in [6.07, 6.45) is 0. The topological polar surface area (TPSA) is 137 Å². The molecule has 0 heterocycles. The predicted octanol–water partition coefficient (Wildman–Crippen LogP) is 1.60. The van der Waals surface area contributed by atoms with Crippen LogP contribution in [-0.4, -0.2) is 29.8 Å². The Bertz CT molecular complexity index is 894. The highest BCUT2D eigenvalue weighted by Gasteiger charge is 2.14. The zero-order valence-electron chi connectivity index (χ0n) is 14.3. The van der Waals surface area contributed by atoms with Gasteiger partial charge in [-0.1, -0.05) is 0 Å². The van der Waals surface area contributed by atoms with E-state index in [9.17, 15) is 24.5 Å². The van der Waals surface area contributed by atoms with Gasteiger partial charge in [-0.25, -0.2) is 0 Å². The summed E-state index contributed by atoms with van der Waals surface area (Å²) in [4.78, 5) is 45.2. The van der Waals surface area contributed by atoms with Crippen molar-refractivity contribution < 1.29 is 28.8 Å². The van der Waals surface area contributed by atoms with Crippen molar-refractivity contribution >= 4 is 23.5 Å². The molecule has 27 heavy (non-hydrogen) atoms. The van der Waals surface area contributed by atoms with Crippen LogP contribution in [0.2, 0.25) is 0 Å². The van der Waals surface area contributed by atoms with Crippen LogP contribution in [0.4, 0.5) is 5.69 Å². The number of benzene rings is 2. The second-order valence-electron chi connectivity index (χ2n) is 5.17. The van der Waals surface area contributed by atoms with E-state index < -0.39 is 22.7 Å². The van der Waals surface area contributed by atoms with Crippen LogP contribution in [0, 0.1) is 10.1 Å². The number of nitro groups is 1. The van der Waals surface area contributed by atoms with Crippen LogP contribution in [0.15, 0.2) is 42.5 Å². The molecule has 2 aromatic rings. The Morgan fingerprint density at radius 1 is 0.926 bits per heavy atom. The smallest absolute Gasteiger partial charge is 0.308 e. The van der Waals surface area contributed by atoms with Crippen LogP contribution < -0.4 is 20.3 Å². The molecule has 0 radical (unpaired) electrons. The van der Waals surface area contributed by atoms with Crippen molar-refractivity contribution in [2.45, 2.75) is 6.92 Å². The van der Waals surface area contributed by atoms with Gasteiger partial charge >= 0.3 is 5.97 Å². The van der Waals surface area contributed by atoms with Crippen molar-refractivity contribution in [2.75, 3.05) is 7.11 Å². The first-order valence-corrected chi connectivity index (χ1v) is 7.53. The summed E-state index contributed by atoms with van der Waals surface area (Å²) in [5, 5.41) is 10.6. The number of carbonyl (C=O) groups is 3. The van der Waals surface area contributed by atoms with Crippen LogP contribution in [0.25, 0.3) is 0 Å². The Kier molecular flexibility index (Phi) is 6.05. The van der Waals surface area contributed by atoms with Gasteiger partial charge in [-0.2, -0.15) is 0 Å². The summed E-state index contributed by atoms with van der Waals surface area (Å²) in [6.45, 7) is 1.23. The zero-order valence-corrected chi connectivity index (χ0v) is 14.3. The summed E-state index contributed by atoms with van der Waals surface area (Å²) in [5.74, 6) is -1.52. The largest absolute Gasteiger partial charge is 0.493 e. The van der Waals surface area contributed by atoms with E-state index in [1.165, 1.54) is 56.5 Å². The van der Waals surface area contributed by atoms with Crippen molar-refractivity contribution in [1.82, 2.24) is 10.9 Å². The maximum Gasteiger partial charge on any atom is 0.308 e. The summed E-state index contributed by atoms with van der Waals surface area (Å²) >= 11 is 0. The monoisotopic (exact) mass is 373 g/mol. The fourth-order valence-corrected chi connectivity index (χ4v) is 2.04. The van der Waals surface area contributed by atoms with E-state index in [-0.39, 0.29) is 28.3 Å². The van der Waals surface area contributed by atoms with Gasteiger partial charge in [0.05, 0.1) is 12.0 Å². The van der Waals surface area contributed by atoms with E-state index in [0.717, 1.165) is 0 Å². The first kappa shape index (κ1) is 19.4. The number of hydrogen-bond acceptors (Lipinski definition) is 7. The van der Waals surface area contributed by atoms with Gasteiger partial charge < -0.3 is 9.47 Å². The van der Waals surface area contributed by atoms with Gasteiger partial charge in [-0.15, -0.1) is 0 Å². The molecule has 10 nitrogen and oxygen atoms in total. The van der Waals surface area contributed by atoms with E-state index in [4.69, 9.17) is 9.47 Å². The molecule has 0 aliphatic carbocycles. The molecule has 0 aliphatic heterocycles. The fraction of sp³-hybridized carbons (Fsp3) is 0.118. The van der Waals surface area contributed by atoms with Gasteiger partial charge in [0.25, 0.3) is 17.5 Å². The van der Waals surface area contributed by atoms with Crippen LogP contribution in [-0.2, 0) is 4.79 Å². The second-order valence-corrected chi connectivity index (χ2v) is 5.17. The Labute approximate surface area is 153 Å². The summed E-state index contributed by atoms with van der Waals surface area (Å²) < 4.78 is 10.0. The molecule has 0 fully saturated rings. The van der Waals surface area contributed by atoms with Crippen molar-refractivity contribution in [3.05, 3.63) is 63.7 Å². The quantitative estimate of drug-likeness (QED) is 0.351. The molecule has 2 aromatic carbocycles. The third-order valence-electron chi connectivity index (χ3n) is 3.31. The van der Waals surface area contributed by atoms with Gasteiger partial charge in [0.15, 0.2) is 11.5 Å². The fourth-order valence-electron chi connectivity index (χ4n) is 2.04. The molecule has 10 heteroatoms. The predicted molar refractivity (Wildman–Crippen MR) is 92.3 cm³/mol. The number of hydrogen-bond donors (Lipinski definition) is 2. The number of nitrogens with zero attached hydrogens (tertiary/aromatic N) is 1.